The first-order valence-electron chi connectivity index (χ1n) is 3.50. The molecule has 0 fully saturated rings. The van der Waals surface area contributed by atoms with Crippen LogP contribution in [0.2, 0.25) is 0 Å². The van der Waals surface area contributed by atoms with Crippen molar-refractivity contribution in [1.29, 1.82) is 0 Å². The molecule has 1 aliphatic rings. The van der Waals surface area contributed by atoms with E-state index < -0.39 is 0 Å². The number of hydrogen-bond acceptors (Lipinski definition) is 3. The van der Waals surface area contributed by atoms with Crippen molar-refractivity contribution in [3.8, 4) is 0 Å². The van der Waals surface area contributed by atoms with Gasteiger partial charge in [0.05, 0.1) is 11.5 Å². The van der Waals surface area contributed by atoms with E-state index in [1.807, 2.05) is 0 Å². The summed E-state index contributed by atoms with van der Waals surface area (Å²) in [7, 11) is 0. The Balaban J connectivity index is 2.76. The van der Waals surface area contributed by atoms with E-state index >= 15 is 0 Å². The van der Waals surface area contributed by atoms with Gasteiger partial charge in [0.1, 0.15) is 0 Å². The van der Waals surface area contributed by atoms with Crippen molar-refractivity contribution in [3.05, 3.63) is 35.4 Å². The van der Waals surface area contributed by atoms with E-state index in [4.69, 9.17) is 16.6 Å². The van der Waals surface area contributed by atoms with Gasteiger partial charge in [0.2, 0.25) is 0 Å². The van der Waals surface area contributed by atoms with Crippen LogP contribution in [0.1, 0.15) is 12.8 Å². The summed E-state index contributed by atoms with van der Waals surface area (Å²) < 4.78 is 0. The molecule has 0 aliphatic heterocycles. The van der Waals surface area contributed by atoms with Gasteiger partial charge < -0.3 is 16.6 Å². The SMILES string of the molecule is N/C=C(\N)C1=CC=C(O)CC1. The van der Waals surface area contributed by atoms with E-state index in [1.165, 1.54) is 6.20 Å². The topological polar surface area (TPSA) is 72.3 Å². The van der Waals surface area contributed by atoms with Gasteiger partial charge in [-0.25, -0.2) is 0 Å². The van der Waals surface area contributed by atoms with Gasteiger partial charge in [-0.05, 0) is 18.1 Å². The normalized spacial score (nSPS) is 19.1. The fraction of sp³-hybridized carbons (Fsp3) is 0.250. The quantitative estimate of drug-likeness (QED) is 0.523. The average Bonchev–Trinajstić information content (AvgIpc) is 2.05. The van der Waals surface area contributed by atoms with Crippen molar-refractivity contribution >= 4 is 0 Å². The lowest BCUT2D eigenvalue weighted by atomic mass is 10.0. The highest BCUT2D eigenvalue weighted by Crippen LogP contribution is 2.19. The Morgan fingerprint density at radius 2 is 2.18 bits per heavy atom. The minimum absolute atomic E-state index is 0.401. The zero-order chi connectivity index (χ0) is 8.27. The average molecular weight is 152 g/mol. The van der Waals surface area contributed by atoms with Gasteiger partial charge in [-0.1, -0.05) is 6.08 Å². The van der Waals surface area contributed by atoms with Crippen LogP contribution in [0.5, 0.6) is 0 Å². The van der Waals surface area contributed by atoms with Crippen LogP contribution in [0, 0.1) is 0 Å². The lowest BCUT2D eigenvalue weighted by molar-refractivity contribution is 0.386. The molecule has 5 N–H and O–H groups in total. The van der Waals surface area contributed by atoms with Gasteiger partial charge in [0.25, 0.3) is 0 Å². The van der Waals surface area contributed by atoms with Gasteiger partial charge in [-0.3, -0.25) is 0 Å². The first-order chi connectivity index (χ1) is 5.24. The Bertz CT molecular complexity index is 238. The maximum absolute atomic E-state index is 9.01. The molecule has 0 atom stereocenters. The van der Waals surface area contributed by atoms with Gasteiger partial charge in [0, 0.05) is 12.6 Å². The molecule has 0 unspecified atom stereocenters. The number of aliphatic hydroxyl groups is 1. The van der Waals surface area contributed by atoms with Gasteiger partial charge in [-0.15, -0.1) is 0 Å². The van der Waals surface area contributed by atoms with Crippen LogP contribution in [0.3, 0.4) is 0 Å². The molecule has 0 saturated heterocycles. The fourth-order valence-corrected chi connectivity index (χ4v) is 0.974. The standard InChI is InChI=1S/C8H12N2O/c9-5-8(10)6-1-3-7(11)4-2-6/h1,3,5,11H,2,4,9-10H2/b8-5-. The van der Waals surface area contributed by atoms with Crippen LogP contribution in [0.25, 0.3) is 0 Å². The molecule has 3 heteroatoms. The van der Waals surface area contributed by atoms with Crippen molar-refractivity contribution in [2.24, 2.45) is 11.5 Å². The molecule has 0 bridgehead atoms. The minimum Gasteiger partial charge on any atom is -0.512 e. The van der Waals surface area contributed by atoms with E-state index in [0.717, 1.165) is 12.0 Å². The molecule has 0 aromatic carbocycles. The first-order valence-corrected chi connectivity index (χ1v) is 3.50. The van der Waals surface area contributed by atoms with E-state index in [2.05, 4.69) is 0 Å². The van der Waals surface area contributed by atoms with Gasteiger partial charge in [-0.2, -0.15) is 0 Å². The highest BCUT2D eigenvalue weighted by Gasteiger charge is 2.05. The largest absolute Gasteiger partial charge is 0.512 e. The molecule has 0 amide bonds. The molecular formula is C8H12N2O. The molecule has 0 saturated carbocycles. The number of rotatable bonds is 1. The monoisotopic (exact) mass is 152 g/mol. The van der Waals surface area contributed by atoms with Gasteiger partial charge in [0.15, 0.2) is 0 Å². The predicted molar refractivity (Wildman–Crippen MR) is 44.5 cm³/mol. The second-order valence-corrected chi connectivity index (χ2v) is 2.47. The van der Waals surface area contributed by atoms with Crippen LogP contribution in [-0.4, -0.2) is 5.11 Å². The second kappa shape index (κ2) is 3.14. The van der Waals surface area contributed by atoms with Crippen molar-refractivity contribution in [2.45, 2.75) is 12.8 Å². The van der Waals surface area contributed by atoms with Crippen molar-refractivity contribution in [2.75, 3.05) is 0 Å². The van der Waals surface area contributed by atoms with Crippen LogP contribution in [0.15, 0.2) is 35.4 Å². The molecule has 60 valence electrons. The number of nitrogens with two attached hydrogens (primary N) is 2. The van der Waals surface area contributed by atoms with E-state index in [9.17, 15) is 0 Å². The summed E-state index contributed by atoms with van der Waals surface area (Å²) in [6.07, 6.45) is 6.23. The summed E-state index contributed by atoms with van der Waals surface area (Å²) >= 11 is 0. The molecular weight excluding hydrogens is 140 g/mol. The number of aliphatic hydroxyl groups excluding tert-OH is 1. The van der Waals surface area contributed by atoms with Gasteiger partial charge >= 0.3 is 0 Å². The van der Waals surface area contributed by atoms with Crippen molar-refractivity contribution < 1.29 is 5.11 Å². The molecule has 0 heterocycles. The molecule has 3 nitrogen and oxygen atoms in total. The molecule has 1 rings (SSSR count). The maximum atomic E-state index is 9.01. The van der Waals surface area contributed by atoms with Crippen molar-refractivity contribution in [1.82, 2.24) is 0 Å². The Hall–Kier alpha value is -1.38. The summed E-state index contributed by atoms with van der Waals surface area (Å²) in [5, 5.41) is 9.01. The minimum atomic E-state index is 0.401. The predicted octanol–water partition coefficient (Wildman–Crippen LogP) is 0.907. The van der Waals surface area contributed by atoms with E-state index in [1.54, 1.807) is 12.2 Å². The van der Waals surface area contributed by atoms with Crippen LogP contribution >= 0.6 is 0 Å². The Morgan fingerprint density at radius 3 is 2.64 bits per heavy atom. The third-order valence-corrected chi connectivity index (χ3v) is 1.68. The fourth-order valence-electron chi connectivity index (χ4n) is 0.974. The smallest absolute Gasteiger partial charge is 0.0926 e. The van der Waals surface area contributed by atoms with E-state index in [-0.39, 0.29) is 0 Å². The Kier molecular flexibility index (Phi) is 2.21. The van der Waals surface area contributed by atoms with Crippen LogP contribution < -0.4 is 11.5 Å². The molecule has 0 radical (unpaired) electrons. The lowest BCUT2D eigenvalue weighted by Gasteiger charge is -2.10. The Labute approximate surface area is 65.7 Å². The zero-order valence-electron chi connectivity index (χ0n) is 6.25. The van der Waals surface area contributed by atoms with E-state index in [0.29, 0.717) is 17.9 Å². The number of hydrogen-bond donors (Lipinski definition) is 3. The lowest BCUT2D eigenvalue weighted by Crippen LogP contribution is -2.06. The zero-order valence-corrected chi connectivity index (χ0v) is 6.25. The summed E-state index contributed by atoms with van der Waals surface area (Å²) in [4.78, 5) is 0. The molecule has 0 spiro atoms. The summed E-state index contributed by atoms with van der Waals surface area (Å²) in [6, 6.07) is 0. The molecule has 0 aromatic rings. The summed E-state index contributed by atoms with van der Waals surface area (Å²) in [5.41, 5.74) is 12.4. The maximum Gasteiger partial charge on any atom is 0.0926 e. The van der Waals surface area contributed by atoms with Crippen molar-refractivity contribution in [3.63, 3.8) is 0 Å². The Morgan fingerprint density at radius 1 is 1.45 bits per heavy atom. The third-order valence-electron chi connectivity index (χ3n) is 1.68. The summed E-state index contributed by atoms with van der Waals surface area (Å²) in [6.45, 7) is 0. The van der Waals surface area contributed by atoms with Crippen LogP contribution in [-0.2, 0) is 0 Å². The first kappa shape index (κ1) is 7.72. The summed E-state index contributed by atoms with van der Waals surface area (Å²) in [5.74, 6) is 0.401. The second-order valence-electron chi connectivity index (χ2n) is 2.47. The molecule has 0 aromatic heterocycles. The molecule has 1 aliphatic carbocycles. The van der Waals surface area contributed by atoms with Crippen LogP contribution in [0.4, 0.5) is 0 Å². The highest BCUT2D eigenvalue weighted by atomic mass is 16.3. The third kappa shape index (κ3) is 1.77. The molecule has 11 heavy (non-hydrogen) atoms. The number of allylic oxidation sites excluding steroid dienone is 4. The highest BCUT2D eigenvalue weighted by molar-refractivity contribution is 5.34.